The lowest BCUT2D eigenvalue weighted by Crippen LogP contribution is -2.26. The standard InChI is InChI=1S/C20H28NO3P/c1-5-23-25(22,24-6-2)20(19-14-12-16(3)13-15-19)21-17(4)18-10-8-7-9-11-18/h7-15,17,20-21H,5-6H2,1-4H3. The molecule has 0 fully saturated rings. The molecule has 0 radical (unpaired) electrons. The topological polar surface area (TPSA) is 47.6 Å². The van der Waals surface area contributed by atoms with Crippen LogP contribution in [0, 0.1) is 6.92 Å². The van der Waals surface area contributed by atoms with E-state index in [2.05, 4.69) is 24.4 Å². The van der Waals surface area contributed by atoms with Crippen LogP contribution < -0.4 is 5.32 Å². The highest BCUT2D eigenvalue weighted by atomic mass is 31.2. The molecule has 1 N–H and O–H groups in total. The zero-order chi connectivity index (χ0) is 18.3. The Balaban J connectivity index is 2.37. The maximum Gasteiger partial charge on any atom is 0.351 e. The minimum atomic E-state index is -3.35. The van der Waals surface area contributed by atoms with Crippen LogP contribution in [-0.4, -0.2) is 13.2 Å². The molecule has 2 aromatic rings. The zero-order valence-electron chi connectivity index (χ0n) is 15.4. The van der Waals surface area contributed by atoms with E-state index in [4.69, 9.17) is 9.05 Å². The second-order valence-corrected chi connectivity index (χ2v) is 8.10. The number of benzene rings is 2. The highest BCUT2D eigenvalue weighted by molar-refractivity contribution is 7.54. The van der Waals surface area contributed by atoms with Crippen LogP contribution in [0.15, 0.2) is 54.6 Å². The van der Waals surface area contributed by atoms with Gasteiger partial charge in [-0.05, 0) is 38.8 Å². The quantitative estimate of drug-likeness (QED) is 0.590. The molecule has 2 aromatic carbocycles. The molecular formula is C20H28NO3P. The fourth-order valence-electron chi connectivity index (χ4n) is 2.74. The van der Waals surface area contributed by atoms with E-state index >= 15 is 0 Å². The van der Waals surface area contributed by atoms with Gasteiger partial charge < -0.3 is 9.05 Å². The van der Waals surface area contributed by atoms with E-state index < -0.39 is 13.4 Å². The predicted octanol–water partition coefficient (Wildman–Crippen LogP) is 5.61. The molecule has 0 amide bonds. The summed E-state index contributed by atoms with van der Waals surface area (Å²) in [5.41, 5.74) is 3.18. The summed E-state index contributed by atoms with van der Waals surface area (Å²) in [4.78, 5) is 0. The van der Waals surface area contributed by atoms with Gasteiger partial charge in [-0.15, -0.1) is 0 Å². The summed E-state index contributed by atoms with van der Waals surface area (Å²) >= 11 is 0. The van der Waals surface area contributed by atoms with Crippen molar-refractivity contribution in [3.8, 4) is 0 Å². The number of hydrogen-bond donors (Lipinski definition) is 1. The minimum Gasteiger partial charge on any atom is -0.308 e. The first kappa shape index (κ1) is 19.9. The summed E-state index contributed by atoms with van der Waals surface area (Å²) in [7, 11) is -3.35. The van der Waals surface area contributed by atoms with Gasteiger partial charge in [-0.3, -0.25) is 9.88 Å². The average molecular weight is 361 g/mol. The van der Waals surface area contributed by atoms with Crippen molar-refractivity contribution >= 4 is 7.60 Å². The van der Waals surface area contributed by atoms with Crippen molar-refractivity contribution in [3.05, 3.63) is 71.3 Å². The Hall–Kier alpha value is -1.45. The van der Waals surface area contributed by atoms with Gasteiger partial charge in [0.15, 0.2) is 0 Å². The molecule has 0 saturated heterocycles. The summed E-state index contributed by atoms with van der Waals surface area (Å²) in [5.74, 6) is -0.525. The molecule has 5 heteroatoms. The van der Waals surface area contributed by atoms with E-state index in [1.807, 2.05) is 63.2 Å². The molecule has 0 bridgehead atoms. The Morgan fingerprint density at radius 3 is 2.00 bits per heavy atom. The first-order chi connectivity index (χ1) is 12.0. The molecule has 2 unspecified atom stereocenters. The number of nitrogens with one attached hydrogen (secondary N) is 1. The van der Waals surface area contributed by atoms with Crippen molar-refractivity contribution in [1.82, 2.24) is 5.32 Å². The molecule has 0 aliphatic heterocycles. The third kappa shape index (κ3) is 5.26. The number of rotatable bonds is 9. The van der Waals surface area contributed by atoms with Gasteiger partial charge in [0.1, 0.15) is 5.78 Å². The van der Waals surface area contributed by atoms with Crippen LogP contribution >= 0.6 is 7.60 Å². The molecule has 2 rings (SSSR count). The van der Waals surface area contributed by atoms with Crippen LogP contribution in [0.1, 0.15) is 49.3 Å². The molecule has 0 heterocycles. The minimum absolute atomic E-state index is 0.00161. The molecule has 0 aromatic heterocycles. The lowest BCUT2D eigenvalue weighted by Gasteiger charge is -2.30. The summed E-state index contributed by atoms with van der Waals surface area (Å²) in [6, 6.07) is 18.1. The van der Waals surface area contributed by atoms with Crippen LogP contribution in [-0.2, 0) is 13.6 Å². The van der Waals surface area contributed by atoms with Gasteiger partial charge in [-0.2, -0.15) is 0 Å². The van der Waals surface area contributed by atoms with Crippen molar-refractivity contribution in [2.45, 2.75) is 39.5 Å². The third-order valence-electron chi connectivity index (χ3n) is 4.03. The smallest absolute Gasteiger partial charge is 0.308 e. The summed E-state index contributed by atoms with van der Waals surface area (Å²) in [6.45, 7) is 8.42. The van der Waals surface area contributed by atoms with Crippen molar-refractivity contribution in [2.24, 2.45) is 0 Å². The monoisotopic (exact) mass is 361 g/mol. The maximum absolute atomic E-state index is 13.5. The maximum atomic E-state index is 13.5. The van der Waals surface area contributed by atoms with E-state index in [-0.39, 0.29) is 6.04 Å². The zero-order valence-corrected chi connectivity index (χ0v) is 16.3. The second-order valence-electron chi connectivity index (χ2n) is 5.99. The molecule has 0 saturated carbocycles. The predicted molar refractivity (Wildman–Crippen MR) is 103 cm³/mol. The van der Waals surface area contributed by atoms with E-state index in [0.717, 1.165) is 16.7 Å². The van der Waals surface area contributed by atoms with Crippen LogP contribution in [0.25, 0.3) is 0 Å². The van der Waals surface area contributed by atoms with Gasteiger partial charge in [0.25, 0.3) is 0 Å². The first-order valence-electron chi connectivity index (χ1n) is 8.76. The Morgan fingerprint density at radius 1 is 0.920 bits per heavy atom. The number of aryl methyl sites for hydroxylation is 1. The molecule has 2 atom stereocenters. The Labute approximate surface area is 151 Å². The van der Waals surface area contributed by atoms with Crippen LogP contribution in [0.5, 0.6) is 0 Å². The molecule has 0 aliphatic rings. The number of hydrogen-bond acceptors (Lipinski definition) is 4. The van der Waals surface area contributed by atoms with Gasteiger partial charge >= 0.3 is 7.60 Å². The van der Waals surface area contributed by atoms with Gasteiger partial charge in [0.05, 0.1) is 13.2 Å². The van der Waals surface area contributed by atoms with E-state index in [1.165, 1.54) is 0 Å². The Bertz CT molecular complexity index is 678. The average Bonchev–Trinajstić information content (AvgIpc) is 2.61. The Kier molecular flexibility index (Phi) is 7.39. The van der Waals surface area contributed by atoms with Crippen molar-refractivity contribution in [1.29, 1.82) is 0 Å². The SMILES string of the molecule is CCOP(=O)(OCC)C(NC(C)c1ccccc1)c1ccc(C)cc1. The second kappa shape index (κ2) is 9.30. The van der Waals surface area contributed by atoms with E-state index in [0.29, 0.717) is 13.2 Å². The van der Waals surface area contributed by atoms with E-state index in [1.54, 1.807) is 0 Å². The normalized spacial score (nSPS) is 14.2. The molecule has 0 spiro atoms. The van der Waals surface area contributed by atoms with Crippen molar-refractivity contribution in [2.75, 3.05) is 13.2 Å². The highest BCUT2D eigenvalue weighted by Gasteiger charge is 2.37. The summed E-state index contributed by atoms with van der Waals surface area (Å²) < 4.78 is 24.7. The van der Waals surface area contributed by atoms with Crippen molar-refractivity contribution in [3.63, 3.8) is 0 Å². The van der Waals surface area contributed by atoms with Gasteiger partial charge in [0.2, 0.25) is 0 Å². The molecular weight excluding hydrogens is 333 g/mol. The van der Waals surface area contributed by atoms with Gasteiger partial charge in [-0.1, -0.05) is 60.2 Å². The first-order valence-corrected chi connectivity index (χ1v) is 10.4. The highest BCUT2D eigenvalue weighted by Crippen LogP contribution is 2.60. The van der Waals surface area contributed by atoms with Crippen LogP contribution in [0.2, 0.25) is 0 Å². The molecule has 136 valence electrons. The third-order valence-corrected chi connectivity index (χ3v) is 6.35. The largest absolute Gasteiger partial charge is 0.351 e. The fourth-order valence-corrected chi connectivity index (χ4v) is 4.78. The molecule has 0 aliphatic carbocycles. The van der Waals surface area contributed by atoms with Crippen LogP contribution in [0.3, 0.4) is 0 Å². The Morgan fingerprint density at radius 2 is 1.48 bits per heavy atom. The van der Waals surface area contributed by atoms with E-state index in [9.17, 15) is 4.57 Å². The van der Waals surface area contributed by atoms with Crippen LogP contribution in [0.4, 0.5) is 0 Å². The molecule has 4 nitrogen and oxygen atoms in total. The lowest BCUT2D eigenvalue weighted by molar-refractivity contribution is 0.205. The molecule has 25 heavy (non-hydrogen) atoms. The summed E-state index contributed by atoms with van der Waals surface area (Å²) in [6.07, 6.45) is 0. The van der Waals surface area contributed by atoms with Gasteiger partial charge in [-0.25, -0.2) is 0 Å². The van der Waals surface area contributed by atoms with Crippen molar-refractivity contribution < 1.29 is 13.6 Å². The van der Waals surface area contributed by atoms with Gasteiger partial charge in [0, 0.05) is 6.04 Å². The lowest BCUT2D eigenvalue weighted by atomic mass is 10.1. The fraction of sp³-hybridized carbons (Fsp3) is 0.400. The summed E-state index contributed by atoms with van der Waals surface area (Å²) in [5, 5.41) is 3.47.